The molecule has 0 amide bonds. The molecule has 4 heteroatoms. The van der Waals surface area contributed by atoms with E-state index < -0.39 is 0 Å². The monoisotopic (exact) mass is 205 g/mol. The third-order valence-electron chi connectivity index (χ3n) is 1.95. The second-order valence-electron chi connectivity index (χ2n) is 2.79. The van der Waals surface area contributed by atoms with Crippen LogP contribution in [0.3, 0.4) is 0 Å². The van der Waals surface area contributed by atoms with Crippen LogP contribution < -0.4 is 5.32 Å². The molecule has 0 bridgehead atoms. The third kappa shape index (κ3) is 1.64. The molecule has 0 radical (unpaired) electrons. The Bertz CT molecular complexity index is 231. The molecule has 1 N–H and O–H groups in total. The number of thiophene rings is 1. The Morgan fingerprint density at radius 2 is 2.50 bits per heavy atom. The summed E-state index contributed by atoms with van der Waals surface area (Å²) in [4.78, 5) is 1.26. The fourth-order valence-electron chi connectivity index (χ4n) is 1.30. The first-order chi connectivity index (χ1) is 5.31. The highest BCUT2D eigenvalue weighted by molar-refractivity contribution is 7.10. The molecule has 2 rings (SSSR count). The van der Waals surface area contributed by atoms with E-state index in [1.807, 2.05) is 0 Å². The molecule has 68 valence electrons. The molecule has 0 aliphatic carbocycles. The predicted octanol–water partition coefficient (Wildman–Crippen LogP) is 1.96. The molecule has 1 aliphatic heterocycles. The normalized spacial score (nSPS) is 28.4. The van der Waals surface area contributed by atoms with E-state index in [1.54, 1.807) is 11.3 Å². The largest absolute Gasteiger partial charge is 0.354 e. The van der Waals surface area contributed by atoms with Crippen LogP contribution in [-0.4, -0.2) is 13.2 Å². The van der Waals surface area contributed by atoms with Gasteiger partial charge >= 0.3 is 0 Å². The third-order valence-corrected chi connectivity index (χ3v) is 3.02. The van der Waals surface area contributed by atoms with Gasteiger partial charge in [0.25, 0.3) is 0 Å². The van der Waals surface area contributed by atoms with E-state index in [2.05, 4.69) is 29.8 Å². The van der Waals surface area contributed by atoms with Gasteiger partial charge in [0.05, 0.1) is 11.5 Å². The van der Waals surface area contributed by atoms with Crippen molar-refractivity contribution in [1.29, 1.82) is 0 Å². The lowest BCUT2D eigenvalue weighted by atomic mass is 10.2. The summed E-state index contributed by atoms with van der Waals surface area (Å²) in [5, 5.41) is 5.40. The molecule has 1 aromatic rings. The molecule has 12 heavy (non-hydrogen) atoms. The molecule has 1 aliphatic rings. The van der Waals surface area contributed by atoms with Crippen LogP contribution in [0.1, 0.15) is 11.8 Å². The Kier molecular flexibility index (Phi) is 3.12. The van der Waals surface area contributed by atoms with Crippen LogP contribution in [0.25, 0.3) is 0 Å². The number of nitrogens with one attached hydrogen (secondary N) is 1. The first kappa shape index (κ1) is 9.99. The van der Waals surface area contributed by atoms with Gasteiger partial charge in [-0.2, -0.15) is 0 Å². The van der Waals surface area contributed by atoms with Gasteiger partial charge in [-0.15, -0.1) is 23.7 Å². The molecular formula is C8H12ClNOS. The van der Waals surface area contributed by atoms with Gasteiger partial charge in [-0.25, -0.2) is 0 Å². The van der Waals surface area contributed by atoms with Crippen LogP contribution in [0.2, 0.25) is 0 Å². The highest BCUT2D eigenvalue weighted by Crippen LogP contribution is 2.28. The fraction of sp³-hybridized carbons (Fsp3) is 0.500. The van der Waals surface area contributed by atoms with Crippen LogP contribution in [0.5, 0.6) is 0 Å². The molecule has 1 fully saturated rings. The Morgan fingerprint density at radius 1 is 1.67 bits per heavy atom. The minimum Gasteiger partial charge on any atom is -0.354 e. The van der Waals surface area contributed by atoms with Gasteiger partial charge in [0, 0.05) is 6.54 Å². The number of rotatable bonds is 1. The minimum atomic E-state index is -0.214. The van der Waals surface area contributed by atoms with Gasteiger partial charge in [-0.1, -0.05) is 6.07 Å². The van der Waals surface area contributed by atoms with Gasteiger partial charge in [0.15, 0.2) is 5.72 Å². The summed E-state index contributed by atoms with van der Waals surface area (Å²) in [5.41, 5.74) is -0.214. The second kappa shape index (κ2) is 3.75. The van der Waals surface area contributed by atoms with Crippen molar-refractivity contribution in [3.8, 4) is 0 Å². The van der Waals surface area contributed by atoms with Crippen LogP contribution >= 0.6 is 23.7 Å². The highest BCUT2D eigenvalue weighted by Gasteiger charge is 2.31. The Hall–Kier alpha value is -0.0900. The molecular weight excluding hydrogens is 194 g/mol. The molecule has 1 unspecified atom stereocenters. The van der Waals surface area contributed by atoms with Crippen molar-refractivity contribution < 1.29 is 4.74 Å². The molecule has 2 heterocycles. The maximum Gasteiger partial charge on any atom is 0.151 e. The van der Waals surface area contributed by atoms with Crippen molar-refractivity contribution in [3.63, 3.8) is 0 Å². The van der Waals surface area contributed by atoms with Gasteiger partial charge in [-0.3, -0.25) is 5.32 Å². The maximum absolute atomic E-state index is 5.58. The summed E-state index contributed by atoms with van der Waals surface area (Å²) >= 11 is 1.73. The zero-order chi connectivity index (χ0) is 7.73. The van der Waals surface area contributed by atoms with E-state index in [9.17, 15) is 0 Å². The molecule has 0 saturated carbocycles. The smallest absolute Gasteiger partial charge is 0.151 e. The fourth-order valence-corrected chi connectivity index (χ4v) is 2.12. The SMILES string of the molecule is CC1(c2cccs2)NCCO1.Cl. The average Bonchev–Trinajstić information content (AvgIpc) is 2.55. The second-order valence-corrected chi connectivity index (χ2v) is 3.73. The van der Waals surface area contributed by atoms with Gasteiger partial charge in [0.1, 0.15) is 0 Å². The van der Waals surface area contributed by atoms with Gasteiger partial charge < -0.3 is 4.74 Å². The van der Waals surface area contributed by atoms with Crippen molar-refractivity contribution in [2.24, 2.45) is 0 Å². The Morgan fingerprint density at radius 3 is 3.00 bits per heavy atom. The van der Waals surface area contributed by atoms with Crippen molar-refractivity contribution in [1.82, 2.24) is 5.32 Å². The zero-order valence-electron chi connectivity index (χ0n) is 6.87. The average molecular weight is 206 g/mol. The number of ether oxygens (including phenoxy) is 1. The minimum absolute atomic E-state index is 0. The van der Waals surface area contributed by atoms with E-state index in [4.69, 9.17) is 4.74 Å². The predicted molar refractivity (Wildman–Crippen MR) is 52.9 cm³/mol. The summed E-state index contributed by atoms with van der Waals surface area (Å²) in [6.07, 6.45) is 0. The van der Waals surface area contributed by atoms with Crippen LogP contribution in [0, 0.1) is 0 Å². The van der Waals surface area contributed by atoms with E-state index in [-0.39, 0.29) is 18.1 Å². The molecule has 1 saturated heterocycles. The van der Waals surface area contributed by atoms with E-state index in [0.717, 1.165) is 13.2 Å². The van der Waals surface area contributed by atoms with Crippen molar-refractivity contribution in [2.75, 3.05) is 13.2 Å². The lowest BCUT2D eigenvalue weighted by Gasteiger charge is -2.21. The van der Waals surface area contributed by atoms with Crippen LogP contribution in [-0.2, 0) is 10.5 Å². The summed E-state index contributed by atoms with van der Waals surface area (Å²) in [6.45, 7) is 3.84. The van der Waals surface area contributed by atoms with E-state index >= 15 is 0 Å². The summed E-state index contributed by atoms with van der Waals surface area (Å²) in [6, 6.07) is 4.15. The summed E-state index contributed by atoms with van der Waals surface area (Å²) in [7, 11) is 0. The molecule has 0 spiro atoms. The first-order valence-electron chi connectivity index (χ1n) is 3.74. The summed E-state index contributed by atoms with van der Waals surface area (Å²) in [5.74, 6) is 0. The molecule has 0 aromatic carbocycles. The maximum atomic E-state index is 5.58. The standard InChI is InChI=1S/C8H11NOS.ClH/c1-8(9-4-5-10-8)7-3-2-6-11-7;/h2-3,6,9H,4-5H2,1H3;1H. The zero-order valence-corrected chi connectivity index (χ0v) is 8.50. The van der Waals surface area contributed by atoms with E-state index in [1.165, 1.54) is 4.88 Å². The highest BCUT2D eigenvalue weighted by atomic mass is 35.5. The summed E-state index contributed by atoms with van der Waals surface area (Å²) < 4.78 is 5.58. The van der Waals surface area contributed by atoms with Crippen molar-refractivity contribution >= 4 is 23.7 Å². The number of halogens is 1. The Labute approximate surface area is 82.3 Å². The number of hydrogen-bond donors (Lipinski definition) is 1. The van der Waals surface area contributed by atoms with Gasteiger partial charge in [-0.05, 0) is 18.4 Å². The first-order valence-corrected chi connectivity index (χ1v) is 4.62. The van der Waals surface area contributed by atoms with E-state index in [0.29, 0.717) is 0 Å². The quantitative estimate of drug-likeness (QED) is 0.757. The van der Waals surface area contributed by atoms with Crippen molar-refractivity contribution in [3.05, 3.63) is 22.4 Å². The number of hydrogen-bond acceptors (Lipinski definition) is 3. The molecule has 1 atom stereocenters. The topological polar surface area (TPSA) is 21.3 Å². The molecule has 2 nitrogen and oxygen atoms in total. The van der Waals surface area contributed by atoms with Gasteiger partial charge in [0.2, 0.25) is 0 Å². The van der Waals surface area contributed by atoms with Crippen LogP contribution in [0.15, 0.2) is 17.5 Å². The lowest BCUT2D eigenvalue weighted by Crippen LogP contribution is -2.33. The molecule has 1 aromatic heterocycles. The Balaban J connectivity index is 0.000000720. The van der Waals surface area contributed by atoms with Crippen LogP contribution in [0.4, 0.5) is 0 Å². The van der Waals surface area contributed by atoms with Crippen molar-refractivity contribution in [2.45, 2.75) is 12.6 Å². The lowest BCUT2D eigenvalue weighted by molar-refractivity contribution is 0.00562.